The van der Waals surface area contributed by atoms with Crippen molar-refractivity contribution in [3.63, 3.8) is 0 Å². The summed E-state index contributed by atoms with van der Waals surface area (Å²) in [6.07, 6.45) is 12.5. The van der Waals surface area contributed by atoms with Crippen LogP contribution in [0.2, 0.25) is 0 Å². The van der Waals surface area contributed by atoms with Crippen LogP contribution in [-0.4, -0.2) is 0 Å². The zero-order valence-electron chi connectivity index (χ0n) is 10.2. The Balaban J connectivity index is 1.69. The number of benzene rings is 1. The number of rotatable bonds is 7. The predicted molar refractivity (Wildman–Crippen MR) is 70.8 cm³/mol. The van der Waals surface area contributed by atoms with Gasteiger partial charge in [-0.15, -0.1) is 6.58 Å². The lowest BCUT2D eigenvalue weighted by Crippen LogP contribution is -2.11. The third-order valence-electron chi connectivity index (χ3n) is 3.62. The van der Waals surface area contributed by atoms with E-state index < -0.39 is 0 Å². The normalized spacial score (nSPS) is 13.0. The van der Waals surface area contributed by atoms with Crippen molar-refractivity contribution in [1.29, 1.82) is 0 Å². The molecule has 0 unspecified atom stereocenters. The van der Waals surface area contributed by atoms with E-state index in [1.807, 2.05) is 6.08 Å². The van der Waals surface area contributed by atoms with Crippen LogP contribution in [0.5, 0.6) is 0 Å². The van der Waals surface area contributed by atoms with Crippen LogP contribution in [0.4, 0.5) is 0 Å². The summed E-state index contributed by atoms with van der Waals surface area (Å²) in [7, 11) is 0. The molecular weight excluding hydrogens is 192 g/mol. The van der Waals surface area contributed by atoms with Crippen molar-refractivity contribution in [1.82, 2.24) is 0 Å². The van der Waals surface area contributed by atoms with E-state index in [0.29, 0.717) is 0 Å². The summed E-state index contributed by atoms with van der Waals surface area (Å²) >= 11 is 0. The summed E-state index contributed by atoms with van der Waals surface area (Å²) in [5.41, 5.74) is 4.88. The minimum absolute atomic E-state index is 1.18. The van der Waals surface area contributed by atoms with Crippen molar-refractivity contribution in [3.8, 4) is 0 Å². The molecule has 0 aromatic heterocycles. The lowest BCUT2D eigenvalue weighted by Gasteiger charge is -2.22. The maximum Gasteiger partial charge on any atom is -0.0233 e. The monoisotopic (exact) mass is 214 g/mol. The van der Waals surface area contributed by atoms with E-state index in [9.17, 15) is 0 Å². The van der Waals surface area contributed by atoms with E-state index >= 15 is 0 Å². The Kier molecular flexibility index (Phi) is 4.21. The minimum atomic E-state index is 1.18. The maximum absolute atomic E-state index is 3.75. The second-order valence-corrected chi connectivity index (χ2v) is 4.80. The first-order chi connectivity index (χ1) is 7.92. The molecule has 0 heteroatoms. The van der Waals surface area contributed by atoms with Crippen LogP contribution < -0.4 is 0 Å². The summed E-state index contributed by atoms with van der Waals surface area (Å²) in [6.45, 7) is 3.75. The zero-order valence-corrected chi connectivity index (χ0v) is 10.2. The van der Waals surface area contributed by atoms with E-state index in [1.165, 1.54) is 51.4 Å². The zero-order chi connectivity index (χ0) is 11.2. The van der Waals surface area contributed by atoms with Crippen molar-refractivity contribution < 1.29 is 0 Å². The van der Waals surface area contributed by atoms with Gasteiger partial charge in [0, 0.05) is 0 Å². The second-order valence-electron chi connectivity index (χ2n) is 4.80. The molecule has 0 amide bonds. The molecule has 0 nitrogen and oxygen atoms in total. The lowest BCUT2D eigenvalue weighted by molar-refractivity contribution is 0.641. The molecule has 0 heterocycles. The van der Waals surface area contributed by atoms with Crippen LogP contribution in [0, 0.1) is 0 Å². The fourth-order valence-corrected chi connectivity index (χ4v) is 2.52. The molecule has 0 radical (unpaired) electrons. The van der Waals surface area contributed by atoms with E-state index in [-0.39, 0.29) is 0 Å². The fourth-order valence-electron chi connectivity index (χ4n) is 2.52. The van der Waals surface area contributed by atoms with Crippen molar-refractivity contribution in [2.45, 2.75) is 51.4 Å². The van der Waals surface area contributed by atoms with E-state index in [1.54, 1.807) is 16.7 Å². The highest BCUT2D eigenvalue weighted by Crippen LogP contribution is 2.27. The van der Waals surface area contributed by atoms with Gasteiger partial charge < -0.3 is 0 Å². The van der Waals surface area contributed by atoms with Crippen LogP contribution >= 0.6 is 0 Å². The third-order valence-corrected chi connectivity index (χ3v) is 3.62. The Morgan fingerprint density at radius 2 is 1.94 bits per heavy atom. The van der Waals surface area contributed by atoms with Crippen LogP contribution in [-0.2, 0) is 19.3 Å². The SMILES string of the molecule is C=CCCCCCCc1cccc2c1CC2. The largest absolute Gasteiger partial charge is 0.103 e. The van der Waals surface area contributed by atoms with Crippen molar-refractivity contribution >= 4 is 0 Å². The molecule has 1 aliphatic rings. The Morgan fingerprint density at radius 3 is 2.69 bits per heavy atom. The van der Waals surface area contributed by atoms with Gasteiger partial charge in [-0.25, -0.2) is 0 Å². The molecule has 86 valence electrons. The number of aryl methyl sites for hydroxylation is 2. The highest BCUT2D eigenvalue weighted by Gasteiger charge is 2.15. The number of unbranched alkanes of at least 4 members (excludes halogenated alkanes) is 4. The average molecular weight is 214 g/mol. The first-order valence-electron chi connectivity index (χ1n) is 6.62. The molecule has 0 saturated carbocycles. The van der Waals surface area contributed by atoms with E-state index in [2.05, 4.69) is 24.8 Å². The molecule has 1 aromatic rings. The van der Waals surface area contributed by atoms with Gasteiger partial charge in [0.25, 0.3) is 0 Å². The third kappa shape index (κ3) is 2.75. The topological polar surface area (TPSA) is 0 Å². The molecule has 2 rings (SSSR count). The molecule has 0 fully saturated rings. The van der Waals surface area contributed by atoms with Crippen molar-refractivity contribution in [2.75, 3.05) is 0 Å². The number of fused-ring (bicyclic) bond motifs is 1. The van der Waals surface area contributed by atoms with Gasteiger partial charge in [-0.2, -0.15) is 0 Å². The van der Waals surface area contributed by atoms with Crippen molar-refractivity contribution in [2.24, 2.45) is 0 Å². The van der Waals surface area contributed by atoms with Crippen LogP contribution in [0.1, 0.15) is 48.8 Å². The standard InChI is InChI=1S/C16H22/c1-2-3-4-5-6-7-9-14-10-8-11-15-12-13-16(14)15/h2,8,10-11H,1,3-7,9,12-13H2. The quantitative estimate of drug-likeness (QED) is 0.464. The molecule has 0 saturated heterocycles. The van der Waals surface area contributed by atoms with Crippen LogP contribution in [0.25, 0.3) is 0 Å². The van der Waals surface area contributed by atoms with Gasteiger partial charge in [-0.1, -0.05) is 37.1 Å². The molecule has 0 bridgehead atoms. The summed E-state index contributed by atoms with van der Waals surface area (Å²) in [5.74, 6) is 0. The summed E-state index contributed by atoms with van der Waals surface area (Å²) in [6, 6.07) is 6.83. The Labute approximate surface area is 99.4 Å². The first kappa shape index (κ1) is 11.4. The fraction of sp³-hybridized carbons (Fsp3) is 0.500. The van der Waals surface area contributed by atoms with Crippen LogP contribution in [0.3, 0.4) is 0 Å². The summed E-state index contributed by atoms with van der Waals surface area (Å²) in [5, 5.41) is 0. The molecule has 0 N–H and O–H groups in total. The van der Waals surface area contributed by atoms with Gasteiger partial charge in [-0.05, 0) is 55.2 Å². The molecule has 1 aliphatic carbocycles. The first-order valence-corrected chi connectivity index (χ1v) is 6.62. The minimum Gasteiger partial charge on any atom is -0.103 e. The molecule has 0 atom stereocenters. The van der Waals surface area contributed by atoms with E-state index in [4.69, 9.17) is 0 Å². The number of hydrogen-bond acceptors (Lipinski definition) is 0. The van der Waals surface area contributed by atoms with Gasteiger partial charge >= 0.3 is 0 Å². The molecule has 1 aromatic carbocycles. The molecular formula is C16H22. The predicted octanol–water partition coefficient (Wildman–Crippen LogP) is 4.46. The molecule has 0 aliphatic heterocycles. The lowest BCUT2D eigenvalue weighted by atomic mass is 9.83. The molecule has 16 heavy (non-hydrogen) atoms. The van der Waals surface area contributed by atoms with Gasteiger partial charge in [0.1, 0.15) is 0 Å². The van der Waals surface area contributed by atoms with Gasteiger partial charge in [0.2, 0.25) is 0 Å². The average Bonchev–Trinajstić information content (AvgIpc) is 2.25. The highest BCUT2D eigenvalue weighted by molar-refractivity contribution is 5.41. The Morgan fingerprint density at radius 1 is 1.06 bits per heavy atom. The van der Waals surface area contributed by atoms with Crippen LogP contribution in [0.15, 0.2) is 30.9 Å². The highest BCUT2D eigenvalue weighted by atomic mass is 14.2. The maximum atomic E-state index is 3.75. The Bertz CT molecular complexity index is 349. The summed E-state index contributed by atoms with van der Waals surface area (Å²) < 4.78 is 0. The van der Waals surface area contributed by atoms with Gasteiger partial charge in [0.15, 0.2) is 0 Å². The number of allylic oxidation sites excluding steroid dienone is 1. The number of hydrogen-bond donors (Lipinski definition) is 0. The van der Waals surface area contributed by atoms with Crippen molar-refractivity contribution in [3.05, 3.63) is 47.5 Å². The summed E-state index contributed by atoms with van der Waals surface area (Å²) in [4.78, 5) is 0. The van der Waals surface area contributed by atoms with E-state index in [0.717, 1.165) is 0 Å². The van der Waals surface area contributed by atoms with Gasteiger partial charge in [-0.3, -0.25) is 0 Å². The van der Waals surface area contributed by atoms with Gasteiger partial charge in [0.05, 0.1) is 0 Å². The second kappa shape index (κ2) is 5.89. The Hall–Kier alpha value is -1.04. The smallest absolute Gasteiger partial charge is 0.0233 e. The molecule has 0 spiro atoms.